The van der Waals surface area contributed by atoms with Gasteiger partial charge in [-0.1, -0.05) is 0 Å². The summed E-state index contributed by atoms with van der Waals surface area (Å²) in [5, 5.41) is 2.98. The van der Waals surface area contributed by atoms with Crippen LogP contribution >= 0.6 is 0 Å². The standard InChI is InChI=1S/C11H10F3N3O2/c1-5(10(18)19-17-11(15)16)2-7-8(13)3-6(12)4-9(7)14/h2-4H,1H3,(H4,15,16,17)/b5-2+. The first-order valence-corrected chi connectivity index (χ1v) is 4.94. The highest BCUT2D eigenvalue weighted by Gasteiger charge is 2.13. The van der Waals surface area contributed by atoms with Crippen molar-refractivity contribution >= 4 is 18.0 Å². The van der Waals surface area contributed by atoms with E-state index in [0.717, 1.165) is 6.08 Å². The molecule has 0 amide bonds. The van der Waals surface area contributed by atoms with E-state index in [0.29, 0.717) is 12.1 Å². The summed E-state index contributed by atoms with van der Waals surface area (Å²) in [5.41, 5.74) is 9.11. The Bertz CT molecular complexity index is 543. The summed E-state index contributed by atoms with van der Waals surface area (Å²) in [4.78, 5) is 15.6. The lowest BCUT2D eigenvalue weighted by atomic mass is 10.1. The van der Waals surface area contributed by atoms with Crippen molar-refractivity contribution in [2.75, 3.05) is 0 Å². The van der Waals surface area contributed by atoms with Gasteiger partial charge in [0.25, 0.3) is 0 Å². The average Bonchev–Trinajstić information content (AvgIpc) is 2.30. The molecule has 8 heteroatoms. The number of benzene rings is 1. The molecule has 0 radical (unpaired) electrons. The van der Waals surface area contributed by atoms with Crippen molar-refractivity contribution in [2.45, 2.75) is 6.92 Å². The lowest BCUT2D eigenvalue weighted by Crippen LogP contribution is -2.23. The normalized spacial score (nSPS) is 11.1. The number of halogens is 3. The minimum absolute atomic E-state index is 0.172. The van der Waals surface area contributed by atoms with Gasteiger partial charge in [-0.2, -0.15) is 0 Å². The molecule has 0 fully saturated rings. The Balaban J connectivity index is 3.02. The zero-order valence-corrected chi connectivity index (χ0v) is 9.78. The molecule has 0 aliphatic heterocycles. The second-order valence-corrected chi connectivity index (χ2v) is 3.51. The van der Waals surface area contributed by atoms with Crippen molar-refractivity contribution < 1.29 is 22.8 Å². The highest BCUT2D eigenvalue weighted by Crippen LogP contribution is 2.18. The third-order valence-corrected chi connectivity index (χ3v) is 1.96. The van der Waals surface area contributed by atoms with E-state index >= 15 is 0 Å². The highest BCUT2D eigenvalue weighted by atomic mass is 19.1. The second-order valence-electron chi connectivity index (χ2n) is 3.51. The van der Waals surface area contributed by atoms with Crippen molar-refractivity contribution in [3.05, 3.63) is 40.7 Å². The van der Waals surface area contributed by atoms with Crippen LogP contribution in [0.1, 0.15) is 12.5 Å². The summed E-state index contributed by atoms with van der Waals surface area (Å²) in [5.74, 6) is -4.84. The monoisotopic (exact) mass is 273 g/mol. The molecular weight excluding hydrogens is 263 g/mol. The molecule has 0 atom stereocenters. The van der Waals surface area contributed by atoms with Gasteiger partial charge in [0.1, 0.15) is 17.5 Å². The van der Waals surface area contributed by atoms with Crippen LogP contribution in [0, 0.1) is 17.5 Å². The van der Waals surface area contributed by atoms with Gasteiger partial charge in [-0.05, 0) is 18.2 Å². The van der Waals surface area contributed by atoms with E-state index in [1.165, 1.54) is 6.92 Å². The van der Waals surface area contributed by atoms with Crippen molar-refractivity contribution in [1.82, 2.24) is 0 Å². The molecule has 4 N–H and O–H groups in total. The van der Waals surface area contributed by atoms with Crippen LogP contribution in [0.15, 0.2) is 22.9 Å². The van der Waals surface area contributed by atoms with Crippen molar-refractivity contribution in [3.63, 3.8) is 0 Å². The average molecular weight is 273 g/mol. The summed E-state index contributed by atoms with van der Waals surface area (Å²) in [6.07, 6.45) is 0.856. The van der Waals surface area contributed by atoms with Crippen molar-refractivity contribution in [3.8, 4) is 0 Å². The van der Waals surface area contributed by atoms with Gasteiger partial charge < -0.3 is 16.3 Å². The van der Waals surface area contributed by atoms with Gasteiger partial charge in [0.15, 0.2) is 0 Å². The van der Waals surface area contributed by atoms with E-state index in [4.69, 9.17) is 11.5 Å². The lowest BCUT2D eigenvalue weighted by molar-refractivity contribution is -0.138. The van der Waals surface area contributed by atoms with E-state index in [-0.39, 0.29) is 5.57 Å². The lowest BCUT2D eigenvalue weighted by Gasteiger charge is -2.02. The molecule has 0 aliphatic carbocycles. The van der Waals surface area contributed by atoms with Crippen LogP contribution in [0.2, 0.25) is 0 Å². The SMILES string of the molecule is C/C(=C\c1c(F)cc(F)cc1F)C(=O)ON=C(N)N. The Hall–Kier alpha value is -2.51. The molecule has 5 nitrogen and oxygen atoms in total. The first-order chi connectivity index (χ1) is 8.81. The molecule has 1 aromatic rings. The fraction of sp³-hybridized carbons (Fsp3) is 0.0909. The maximum Gasteiger partial charge on any atom is 0.361 e. The van der Waals surface area contributed by atoms with Crippen molar-refractivity contribution in [2.24, 2.45) is 16.6 Å². The first kappa shape index (κ1) is 14.6. The summed E-state index contributed by atoms with van der Waals surface area (Å²) >= 11 is 0. The van der Waals surface area contributed by atoms with Crippen LogP contribution < -0.4 is 11.5 Å². The molecule has 0 aliphatic rings. The molecule has 102 valence electrons. The third-order valence-electron chi connectivity index (χ3n) is 1.96. The summed E-state index contributed by atoms with van der Waals surface area (Å²) < 4.78 is 39.3. The molecule has 0 spiro atoms. The van der Waals surface area contributed by atoms with E-state index in [1.54, 1.807) is 0 Å². The third kappa shape index (κ3) is 4.02. The summed E-state index contributed by atoms with van der Waals surface area (Å²) in [6.45, 7) is 1.23. The topological polar surface area (TPSA) is 90.7 Å². The van der Waals surface area contributed by atoms with E-state index in [2.05, 4.69) is 9.99 Å². The van der Waals surface area contributed by atoms with Gasteiger partial charge in [0.05, 0.1) is 0 Å². The Kier molecular flexibility index (Phi) is 4.51. The number of nitrogens with zero attached hydrogens (tertiary/aromatic N) is 1. The first-order valence-electron chi connectivity index (χ1n) is 4.94. The molecule has 19 heavy (non-hydrogen) atoms. The Labute approximate surface area is 106 Å². The molecule has 0 unspecified atom stereocenters. The Morgan fingerprint density at radius 1 is 1.26 bits per heavy atom. The van der Waals surface area contributed by atoms with Crippen LogP contribution in [0.4, 0.5) is 13.2 Å². The largest absolute Gasteiger partial charge is 0.367 e. The van der Waals surface area contributed by atoms with Gasteiger partial charge in [0.2, 0.25) is 5.96 Å². The minimum Gasteiger partial charge on any atom is -0.367 e. The number of hydrogen-bond acceptors (Lipinski definition) is 3. The van der Waals surface area contributed by atoms with E-state index in [1.807, 2.05) is 0 Å². The molecule has 0 saturated heterocycles. The van der Waals surface area contributed by atoms with Gasteiger partial charge >= 0.3 is 5.97 Å². The van der Waals surface area contributed by atoms with Crippen LogP contribution in [0.5, 0.6) is 0 Å². The van der Waals surface area contributed by atoms with Gasteiger partial charge in [-0.3, -0.25) is 0 Å². The number of oxime groups is 1. The van der Waals surface area contributed by atoms with Gasteiger partial charge in [-0.25, -0.2) is 18.0 Å². The van der Waals surface area contributed by atoms with Crippen molar-refractivity contribution in [1.29, 1.82) is 0 Å². The maximum atomic E-state index is 13.3. The number of carbonyl (C=O) groups is 1. The molecule has 1 aromatic carbocycles. The summed E-state index contributed by atoms with van der Waals surface area (Å²) in [6, 6.07) is 0.979. The van der Waals surface area contributed by atoms with E-state index < -0.39 is 34.9 Å². The fourth-order valence-corrected chi connectivity index (χ4v) is 1.13. The fourth-order valence-electron chi connectivity index (χ4n) is 1.13. The molecule has 0 saturated carbocycles. The highest BCUT2D eigenvalue weighted by molar-refractivity contribution is 5.93. The molecule has 0 aromatic heterocycles. The zero-order valence-electron chi connectivity index (χ0n) is 9.78. The molecule has 1 rings (SSSR count). The molecule has 0 bridgehead atoms. The second kappa shape index (κ2) is 5.89. The predicted octanol–water partition coefficient (Wildman–Crippen LogP) is 1.24. The number of carbonyl (C=O) groups excluding carboxylic acids is 1. The van der Waals surface area contributed by atoms with E-state index in [9.17, 15) is 18.0 Å². The Morgan fingerprint density at radius 3 is 2.26 bits per heavy atom. The molecular formula is C11H10F3N3O2. The van der Waals surface area contributed by atoms with Crippen LogP contribution in [0.3, 0.4) is 0 Å². The smallest absolute Gasteiger partial charge is 0.361 e. The van der Waals surface area contributed by atoms with Gasteiger partial charge in [-0.15, -0.1) is 0 Å². The Morgan fingerprint density at radius 2 is 1.79 bits per heavy atom. The van der Waals surface area contributed by atoms with Crippen LogP contribution in [-0.2, 0) is 9.63 Å². The number of hydrogen-bond donors (Lipinski definition) is 2. The number of rotatable bonds is 3. The van der Waals surface area contributed by atoms with Crippen LogP contribution in [-0.4, -0.2) is 11.9 Å². The van der Waals surface area contributed by atoms with Crippen LogP contribution in [0.25, 0.3) is 6.08 Å². The predicted molar refractivity (Wildman–Crippen MR) is 61.9 cm³/mol. The molecule has 0 heterocycles. The van der Waals surface area contributed by atoms with Gasteiger partial charge in [0, 0.05) is 23.3 Å². The minimum atomic E-state index is -1.15. The zero-order chi connectivity index (χ0) is 14.6. The maximum absolute atomic E-state index is 13.3. The summed E-state index contributed by atoms with van der Waals surface area (Å²) in [7, 11) is 0. The number of nitrogens with two attached hydrogens (primary N) is 2. The quantitative estimate of drug-likeness (QED) is 0.285. The number of guanidine groups is 1.